The highest BCUT2D eigenvalue weighted by Crippen LogP contribution is 2.33. The molecule has 0 aromatic heterocycles. The van der Waals surface area contributed by atoms with Crippen molar-refractivity contribution in [2.45, 2.75) is 64.1 Å². The van der Waals surface area contributed by atoms with Crippen molar-refractivity contribution >= 4 is 12.2 Å². The third-order valence-electron chi connectivity index (χ3n) is 6.94. The summed E-state index contributed by atoms with van der Waals surface area (Å²) in [5, 5.41) is 12.7. The highest BCUT2D eigenvalue weighted by molar-refractivity contribution is 5.60. The summed E-state index contributed by atoms with van der Waals surface area (Å²) in [6.45, 7) is 11.6. The molecule has 3 unspecified atom stereocenters. The number of hydroxylamine groups is 2. The van der Waals surface area contributed by atoms with E-state index in [-0.39, 0.29) is 19.0 Å². The maximum absolute atomic E-state index is 12.3. The van der Waals surface area contributed by atoms with Crippen LogP contribution >= 0.6 is 0 Å². The molecule has 1 N–H and O–H groups in total. The number of hydrogen-bond donors (Lipinski definition) is 1. The van der Waals surface area contributed by atoms with Crippen molar-refractivity contribution in [3.05, 3.63) is 108 Å². The van der Waals surface area contributed by atoms with Crippen LogP contribution < -0.4 is 4.74 Å². The molecule has 1 aliphatic heterocycles. The monoisotopic (exact) mass is 589 g/mol. The summed E-state index contributed by atoms with van der Waals surface area (Å²) in [5.41, 5.74) is 3.38. The van der Waals surface area contributed by atoms with Crippen LogP contribution in [0.5, 0.6) is 5.75 Å². The summed E-state index contributed by atoms with van der Waals surface area (Å²) >= 11 is 0. The molecule has 1 fully saturated rings. The third-order valence-corrected chi connectivity index (χ3v) is 6.94. The third kappa shape index (κ3) is 10.5. The number of aliphatic hydroxyl groups excluding tert-OH is 1. The molecule has 0 aliphatic carbocycles. The van der Waals surface area contributed by atoms with Crippen LogP contribution in [0.2, 0.25) is 0 Å². The van der Waals surface area contributed by atoms with E-state index < -0.39 is 24.0 Å². The number of benzene rings is 3. The van der Waals surface area contributed by atoms with Gasteiger partial charge in [0.15, 0.2) is 0 Å². The Bertz CT molecular complexity index is 1270. The van der Waals surface area contributed by atoms with Gasteiger partial charge in [-0.25, -0.2) is 4.79 Å². The number of rotatable bonds is 13. The van der Waals surface area contributed by atoms with Crippen molar-refractivity contribution in [3.8, 4) is 5.75 Å². The fourth-order valence-corrected chi connectivity index (χ4v) is 4.86. The summed E-state index contributed by atoms with van der Waals surface area (Å²) < 4.78 is 23.3. The van der Waals surface area contributed by atoms with Crippen LogP contribution in [-0.4, -0.2) is 60.4 Å². The molecular weight excluding hydrogens is 546 g/mol. The predicted molar refractivity (Wildman–Crippen MR) is 165 cm³/mol. The average Bonchev–Trinajstić information content (AvgIpc) is 2.98. The summed E-state index contributed by atoms with van der Waals surface area (Å²) in [4.78, 5) is 17.8. The van der Waals surface area contributed by atoms with Gasteiger partial charge >= 0.3 is 6.16 Å². The van der Waals surface area contributed by atoms with E-state index >= 15 is 0 Å². The molecule has 0 amide bonds. The van der Waals surface area contributed by atoms with E-state index in [0.717, 1.165) is 34.4 Å². The number of piperidine rings is 1. The van der Waals surface area contributed by atoms with E-state index in [1.54, 1.807) is 26.8 Å². The Morgan fingerprint density at radius 2 is 1.63 bits per heavy atom. The lowest BCUT2D eigenvalue weighted by molar-refractivity contribution is -0.201. The van der Waals surface area contributed by atoms with Crippen LogP contribution in [0.15, 0.2) is 85.4 Å². The first kappa shape index (κ1) is 32.2. The molecule has 1 saturated heterocycles. The molecule has 8 nitrogen and oxygen atoms in total. The Morgan fingerprint density at radius 1 is 0.930 bits per heavy atom. The quantitative estimate of drug-likeness (QED) is 0.178. The molecule has 3 aromatic carbocycles. The van der Waals surface area contributed by atoms with Crippen molar-refractivity contribution in [1.82, 2.24) is 5.06 Å². The fourth-order valence-electron chi connectivity index (χ4n) is 4.86. The van der Waals surface area contributed by atoms with E-state index in [2.05, 4.69) is 6.58 Å². The Kier molecular flexibility index (Phi) is 11.8. The maximum atomic E-state index is 12.3. The molecule has 0 spiro atoms. The van der Waals surface area contributed by atoms with E-state index in [1.807, 2.05) is 78.9 Å². The second-order valence-corrected chi connectivity index (χ2v) is 11.6. The number of nitrogens with zero attached hydrogens (tertiary/aromatic N) is 1. The predicted octanol–water partition coefficient (Wildman–Crippen LogP) is 6.53. The van der Waals surface area contributed by atoms with Crippen molar-refractivity contribution in [2.75, 3.05) is 26.3 Å². The largest absolute Gasteiger partial charge is 0.528 e. The van der Waals surface area contributed by atoms with Gasteiger partial charge in [-0.05, 0) is 55.2 Å². The number of β-amino-alcohol motifs (C(OH)–C–C–N with tert-alkyl or cyclic N) is 1. The summed E-state index contributed by atoms with van der Waals surface area (Å²) in [7, 11) is 0. The molecule has 8 heteroatoms. The van der Waals surface area contributed by atoms with Crippen LogP contribution in [-0.2, 0) is 32.3 Å². The Labute approximate surface area is 254 Å². The van der Waals surface area contributed by atoms with Gasteiger partial charge in [0, 0.05) is 12.3 Å². The average molecular weight is 590 g/mol. The van der Waals surface area contributed by atoms with Gasteiger partial charge in [0.1, 0.15) is 11.4 Å². The van der Waals surface area contributed by atoms with Gasteiger partial charge < -0.3 is 28.9 Å². The Morgan fingerprint density at radius 3 is 2.30 bits per heavy atom. The van der Waals surface area contributed by atoms with Gasteiger partial charge in [-0.15, -0.1) is 5.06 Å². The number of carbonyl (C=O) groups is 1. The molecule has 3 aromatic rings. The van der Waals surface area contributed by atoms with Gasteiger partial charge in [0.05, 0.1) is 51.7 Å². The minimum atomic E-state index is -0.849. The van der Waals surface area contributed by atoms with E-state index in [4.69, 9.17) is 23.8 Å². The number of aliphatic hydroxyl groups is 1. The lowest BCUT2D eigenvalue weighted by Crippen LogP contribution is -2.52. The van der Waals surface area contributed by atoms with Crippen LogP contribution in [0, 0.1) is 0 Å². The Balaban J connectivity index is 1.35. The first-order valence-corrected chi connectivity index (χ1v) is 14.7. The van der Waals surface area contributed by atoms with Crippen LogP contribution in [0.1, 0.15) is 55.4 Å². The standard InChI is InChI=1S/C35H43NO7/c1-5-26-12-14-28(15-13-26)25-41-32-23-36(43-34(38)42-35(2,3)4)22-31(37)33(32)29-16-18-30(19-17-29)40-21-9-20-39-24-27-10-7-6-8-11-27/h5-8,10-19,31-33,37H,1,9,20-25H2,2-4H3. The smallest absolute Gasteiger partial charge is 0.494 e. The summed E-state index contributed by atoms with van der Waals surface area (Å²) in [5.74, 6) is 0.401. The lowest BCUT2D eigenvalue weighted by atomic mass is 9.85. The maximum Gasteiger partial charge on any atom is 0.528 e. The minimum Gasteiger partial charge on any atom is -0.494 e. The zero-order valence-electron chi connectivity index (χ0n) is 25.3. The normalized spacial score (nSPS) is 19.0. The molecule has 43 heavy (non-hydrogen) atoms. The number of carbonyl (C=O) groups excluding carboxylic acids is 1. The first-order valence-electron chi connectivity index (χ1n) is 14.7. The molecule has 3 atom stereocenters. The van der Waals surface area contributed by atoms with E-state index in [9.17, 15) is 9.90 Å². The van der Waals surface area contributed by atoms with Crippen molar-refractivity contribution in [3.63, 3.8) is 0 Å². The zero-order chi connectivity index (χ0) is 30.7. The van der Waals surface area contributed by atoms with Gasteiger partial charge in [0.25, 0.3) is 0 Å². The van der Waals surface area contributed by atoms with Crippen molar-refractivity contribution in [2.24, 2.45) is 0 Å². The molecule has 1 aliphatic rings. The van der Waals surface area contributed by atoms with Gasteiger partial charge in [-0.2, -0.15) is 0 Å². The van der Waals surface area contributed by atoms with Crippen LogP contribution in [0.4, 0.5) is 4.79 Å². The van der Waals surface area contributed by atoms with E-state index in [0.29, 0.717) is 26.4 Å². The minimum absolute atomic E-state index is 0.124. The molecule has 0 radical (unpaired) electrons. The Hall–Kier alpha value is -3.69. The molecule has 1 heterocycles. The highest BCUT2D eigenvalue weighted by atomic mass is 16.8. The van der Waals surface area contributed by atoms with Crippen LogP contribution in [0.3, 0.4) is 0 Å². The van der Waals surface area contributed by atoms with E-state index in [1.165, 1.54) is 5.06 Å². The topological polar surface area (TPSA) is 86.7 Å². The SMILES string of the molecule is C=Cc1ccc(COC2CN(OC(=O)OC(C)(C)C)CC(O)C2c2ccc(OCCCOCc3ccccc3)cc2)cc1. The summed E-state index contributed by atoms with van der Waals surface area (Å²) in [6, 6.07) is 25.7. The molecule has 230 valence electrons. The number of hydrogen-bond acceptors (Lipinski definition) is 8. The molecular formula is C35H43NO7. The van der Waals surface area contributed by atoms with Gasteiger partial charge in [0.2, 0.25) is 0 Å². The highest BCUT2D eigenvalue weighted by Gasteiger charge is 2.40. The molecule has 0 bridgehead atoms. The van der Waals surface area contributed by atoms with Crippen molar-refractivity contribution < 1.29 is 33.7 Å². The lowest BCUT2D eigenvalue weighted by Gasteiger charge is -2.40. The number of ether oxygens (including phenoxy) is 4. The summed E-state index contributed by atoms with van der Waals surface area (Å²) in [6.07, 6.45) is 0.435. The molecule has 4 rings (SSSR count). The fraction of sp³-hybridized carbons (Fsp3) is 0.400. The van der Waals surface area contributed by atoms with Crippen molar-refractivity contribution in [1.29, 1.82) is 0 Å². The zero-order valence-corrected chi connectivity index (χ0v) is 25.3. The molecule has 0 saturated carbocycles. The van der Waals surface area contributed by atoms with Gasteiger partial charge in [-0.3, -0.25) is 0 Å². The van der Waals surface area contributed by atoms with Gasteiger partial charge in [-0.1, -0.05) is 79.4 Å². The second kappa shape index (κ2) is 15.7. The first-order chi connectivity index (χ1) is 20.7. The van der Waals surface area contributed by atoms with Crippen LogP contribution in [0.25, 0.3) is 6.08 Å². The second-order valence-electron chi connectivity index (χ2n) is 11.6.